The Balaban J connectivity index is 3.04. The van der Waals surface area contributed by atoms with Crippen LogP contribution in [0.1, 0.15) is 19.4 Å². The number of ether oxygens (including phenoxy) is 1. The molecular weight excluding hydrogens is 280 g/mol. The minimum atomic E-state index is 0.421. The van der Waals surface area contributed by atoms with Crippen molar-refractivity contribution in [3.8, 4) is 0 Å². The van der Waals surface area contributed by atoms with Crippen LogP contribution in [0, 0.1) is 0 Å². The second-order valence-corrected chi connectivity index (χ2v) is 5.08. The average molecular weight is 301 g/mol. The van der Waals surface area contributed by atoms with Crippen LogP contribution in [0.25, 0.3) is 0 Å². The highest BCUT2D eigenvalue weighted by Crippen LogP contribution is 2.28. The van der Waals surface area contributed by atoms with Crippen LogP contribution < -0.4 is 10.6 Å². The minimum Gasteiger partial charge on any atom is -0.383 e. The lowest BCUT2D eigenvalue weighted by molar-refractivity contribution is 0.204. The van der Waals surface area contributed by atoms with Crippen LogP contribution in [-0.4, -0.2) is 26.3 Å². The average Bonchev–Trinajstić information content (AvgIpc) is 2.29. The summed E-state index contributed by atoms with van der Waals surface area (Å²) in [5, 5.41) is 0. The molecule has 0 aliphatic heterocycles. The van der Waals surface area contributed by atoms with Crippen LogP contribution >= 0.6 is 15.9 Å². The first-order chi connectivity index (χ1) is 8.11. The van der Waals surface area contributed by atoms with Crippen molar-refractivity contribution in [1.82, 2.24) is 0 Å². The Bertz CT molecular complexity index is 355. The maximum atomic E-state index is 5.83. The largest absolute Gasteiger partial charge is 0.383 e. The molecule has 4 heteroatoms. The zero-order valence-electron chi connectivity index (χ0n) is 10.7. The van der Waals surface area contributed by atoms with Gasteiger partial charge in [-0.25, -0.2) is 0 Å². The summed E-state index contributed by atoms with van der Waals surface area (Å²) in [5.74, 6) is 0. The quantitative estimate of drug-likeness (QED) is 0.878. The first kappa shape index (κ1) is 14.5. The summed E-state index contributed by atoms with van der Waals surface area (Å²) >= 11 is 3.55. The van der Waals surface area contributed by atoms with Gasteiger partial charge >= 0.3 is 0 Å². The zero-order valence-corrected chi connectivity index (χ0v) is 12.3. The predicted molar refractivity (Wildman–Crippen MR) is 76.4 cm³/mol. The summed E-state index contributed by atoms with van der Waals surface area (Å²) in [7, 11) is 1.73. The first-order valence-corrected chi connectivity index (χ1v) is 6.64. The van der Waals surface area contributed by atoms with Crippen molar-refractivity contribution < 1.29 is 4.74 Å². The van der Waals surface area contributed by atoms with Crippen LogP contribution in [0.4, 0.5) is 5.69 Å². The molecule has 2 N–H and O–H groups in total. The van der Waals surface area contributed by atoms with Gasteiger partial charge < -0.3 is 15.4 Å². The van der Waals surface area contributed by atoms with Crippen molar-refractivity contribution >= 4 is 21.6 Å². The van der Waals surface area contributed by atoms with E-state index < -0.39 is 0 Å². The Morgan fingerprint density at radius 2 is 2.12 bits per heavy atom. The Morgan fingerprint density at radius 1 is 1.41 bits per heavy atom. The Hall–Kier alpha value is -0.580. The monoisotopic (exact) mass is 300 g/mol. The summed E-state index contributed by atoms with van der Waals surface area (Å²) in [6.45, 7) is 6.48. The molecule has 0 heterocycles. The van der Waals surface area contributed by atoms with Gasteiger partial charge in [-0.3, -0.25) is 0 Å². The summed E-state index contributed by atoms with van der Waals surface area (Å²) < 4.78 is 6.23. The molecule has 1 aromatic rings. The lowest BCUT2D eigenvalue weighted by Gasteiger charge is -2.31. The SMILES string of the molecule is COCCN(c1cccc(Br)c1CN)C(C)C. The Kier molecular flexibility index (Phi) is 5.95. The molecule has 0 unspecified atom stereocenters. The van der Waals surface area contributed by atoms with E-state index in [4.69, 9.17) is 10.5 Å². The first-order valence-electron chi connectivity index (χ1n) is 5.84. The molecule has 0 fully saturated rings. The number of methoxy groups -OCH3 is 1. The van der Waals surface area contributed by atoms with E-state index in [0.717, 1.165) is 16.6 Å². The van der Waals surface area contributed by atoms with Gasteiger partial charge in [0.15, 0.2) is 0 Å². The van der Waals surface area contributed by atoms with E-state index in [1.54, 1.807) is 7.11 Å². The third-order valence-electron chi connectivity index (χ3n) is 2.77. The van der Waals surface area contributed by atoms with E-state index in [2.05, 4.69) is 40.7 Å². The highest BCUT2D eigenvalue weighted by molar-refractivity contribution is 9.10. The van der Waals surface area contributed by atoms with Gasteiger partial charge in [-0.1, -0.05) is 22.0 Å². The second kappa shape index (κ2) is 6.99. The molecule has 0 atom stereocenters. The molecule has 0 amide bonds. The topological polar surface area (TPSA) is 38.5 Å². The molecule has 17 heavy (non-hydrogen) atoms. The highest BCUT2D eigenvalue weighted by atomic mass is 79.9. The maximum Gasteiger partial charge on any atom is 0.0637 e. The number of halogens is 1. The fraction of sp³-hybridized carbons (Fsp3) is 0.538. The van der Waals surface area contributed by atoms with Gasteiger partial charge in [-0.05, 0) is 26.0 Å². The van der Waals surface area contributed by atoms with Crippen LogP contribution in [0.15, 0.2) is 22.7 Å². The summed E-state index contributed by atoms with van der Waals surface area (Å²) in [4.78, 5) is 2.32. The molecule has 0 aliphatic rings. The molecule has 0 saturated heterocycles. The highest BCUT2D eigenvalue weighted by Gasteiger charge is 2.15. The standard InChI is InChI=1S/C13H21BrN2O/c1-10(2)16(7-8-17-3)13-6-4-5-12(14)11(13)9-15/h4-6,10H,7-9,15H2,1-3H3. The van der Waals surface area contributed by atoms with Crippen LogP contribution in [0.3, 0.4) is 0 Å². The van der Waals surface area contributed by atoms with E-state index in [9.17, 15) is 0 Å². The fourth-order valence-corrected chi connectivity index (χ4v) is 2.38. The number of anilines is 1. The zero-order chi connectivity index (χ0) is 12.8. The summed E-state index contributed by atoms with van der Waals surface area (Å²) in [5.41, 5.74) is 8.17. The van der Waals surface area contributed by atoms with E-state index in [0.29, 0.717) is 19.2 Å². The van der Waals surface area contributed by atoms with E-state index in [1.807, 2.05) is 12.1 Å². The lowest BCUT2D eigenvalue weighted by Crippen LogP contribution is -2.34. The minimum absolute atomic E-state index is 0.421. The molecule has 0 spiro atoms. The molecule has 0 aromatic heterocycles. The van der Waals surface area contributed by atoms with Crippen molar-refractivity contribution in [2.24, 2.45) is 5.73 Å². The summed E-state index contributed by atoms with van der Waals surface area (Å²) in [6.07, 6.45) is 0. The van der Waals surface area contributed by atoms with E-state index >= 15 is 0 Å². The number of hydrogen-bond acceptors (Lipinski definition) is 3. The van der Waals surface area contributed by atoms with Gasteiger partial charge in [0, 0.05) is 42.0 Å². The molecule has 1 rings (SSSR count). The normalized spacial score (nSPS) is 10.9. The van der Waals surface area contributed by atoms with Gasteiger partial charge in [0.1, 0.15) is 0 Å². The Labute approximate surface area is 112 Å². The maximum absolute atomic E-state index is 5.83. The number of hydrogen-bond donors (Lipinski definition) is 1. The molecule has 96 valence electrons. The van der Waals surface area contributed by atoms with Crippen LogP contribution in [0.2, 0.25) is 0 Å². The fourth-order valence-electron chi connectivity index (χ4n) is 1.86. The molecule has 0 saturated carbocycles. The number of rotatable bonds is 6. The van der Waals surface area contributed by atoms with Gasteiger partial charge in [-0.2, -0.15) is 0 Å². The van der Waals surface area contributed by atoms with Gasteiger partial charge in [0.05, 0.1) is 6.61 Å². The van der Waals surface area contributed by atoms with Crippen molar-refractivity contribution in [1.29, 1.82) is 0 Å². The van der Waals surface area contributed by atoms with Crippen LogP contribution in [0.5, 0.6) is 0 Å². The Morgan fingerprint density at radius 3 is 2.65 bits per heavy atom. The van der Waals surface area contributed by atoms with Crippen molar-refractivity contribution in [2.75, 3.05) is 25.2 Å². The van der Waals surface area contributed by atoms with Crippen LogP contribution in [-0.2, 0) is 11.3 Å². The third kappa shape index (κ3) is 3.69. The molecular formula is C13H21BrN2O. The summed E-state index contributed by atoms with van der Waals surface area (Å²) in [6, 6.07) is 6.61. The van der Waals surface area contributed by atoms with Crippen molar-refractivity contribution in [3.63, 3.8) is 0 Å². The van der Waals surface area contributed by atoms with E-state index in [-0.39, 0.29) is 0 Å². The predicted octanol–water partition coefficient (Wildman–Crippen LogP) is 2.77. The molecule has 3 nitrogen and oxygen atoms in total. The van der Waals surface area contributed by atoms with Gasteiger partial charge in [0.2, 0.25) is 0 Å². The number of nitrogens with two attached hydrogens (primary N) is 1. The molecule has 0 aliphatic carbocycles. The van der Waals surface area contributed by atoms with E-state index in [1.165, 1.54) is 5.69 Å². The van der Waals surface area contributed by atoms with Crippen molar-refractivity contribution in [2.45, 2.75) is 26.4 Å². The number of benzene rings is 1. The molecule has 0 radical (unpaired) electrons. The lowest BCUT2D eigenvalue weighted by atomic mass is 10.1. The third-order valence-corrected chi connectivity index (χ3v) is 3.51. The number of nitrogens with zero attached hydrogens (tertiary/aromatic N) is 1. The van der Waals surface area contributed by atoms with Gasteiger partial charge in [-0.15, -0.1) is 0 Å². The second-order valence-electron chi connectivity index (χ2n) is 4.22. The van der Waals surface area contributed by atoms with Crippen molar-refractivity contribution in [3.05, 3.63) is 28.2 Å². The molecule has 1 aromatic carbocycles. The smallest absolute Gasteiger partial charge is 0.0637 e. The molecule has 0 bridgehead atoms. The van der Waals surface area contributed by atoms with Gasteiger partial charge in [0.25, 0.3) is 0 Å².